The summed E-state index contributed by atoms with van der Waals surface area (Å²) in [4.78, 5) is 11.5. The Morgan fingerprint density at radius 2 is 1.65 bits per heavy atom. The molecule has 0 aromatic heterocycles. The molecule has 0 aromatic rings. The smallest absolute Gasteiger partial charge is 0.132 e. The number of ketones is 1. The van der Waals surface area contributed by atoms with Crippen LogP contribution < -0.4 is 0 Å². The molecule has 0 fully saturated rings. The van der Waals surface area contributed by atoms with Gasteiger partial charge in [0.1, 0.15) is 5.78 Å². The topological polar surface area (TPSA) is 17.1 Å². The van der Waals surface area contributed by atoms with Crippen molar-refractivity contribution in [1.82, 2.24) is 0 Å². The summed E-state index contributed by atoms with van der Waals surface area (Å²) < 4.78 is 0. The van der Waals surface area contributed by atoms with E-state index >= 15 is 0 Å². The summed E-state index contributed by atoms with van der Waals surface area (Å²) in [7, 11) is 0. The van der Waals surface area contributed by atoms with Crippen LogP contribution in [0.2, 0.25) is 0 Å². The first-order valence-corrected chi connectivity index (χ1v) is 7.10. The maximum atomic E-state index is 11.5. The van der Waals surface area contributed by atoms with Gasteiger partial charge in [0, 0.05) is 12.8 Å². The predicted octanol–water partition coefficient (Wildman–Crippen LogP) is 5.22. The Hall–Kier alpha value is -0.850. The largest absolute Gasteiger partial charge is 0.300 e. The van der Waals surface area contributed by atoms with Crippen molar-refractivity contribution in [3.8, 4) is 0 Å². The van der Waals surface area contributed by atoms with Gasteiger partial charge in [0.15, 0.2) is 0 Å². The van der Waals surface area contributed by atoms with Gasteiger partial charge < -0.3 is 0 Å². The first-order chi connectivity index (χ1) is 8.31. The Balaban J connectivity index is 3.18. The van der Waals surface area contributed by atoms with Gasteiger partial charge in [-0.25, -0.2) is 0 Å². The molecular formula is C16H28O. The monoisotopic (exact) mass is 236 g/mol. The van der Waals surface area contributed by atoms with E-state index in [9.17, 15) is 4.79 Å². The van der Waals surface area contributed by atoms with Crippen LogP contribution in [-0.4, -0.2) is 5.78 Å². The minimum absolute atomic E-state index is 0.463. The number of unbranched alkanes of at least 4 members (excludes halogenated alkanes) is 6. The molecule has 0 spiro atoms. The second-order valence-electron chi connectivity index (χ2n) is 4.61. The van der Waals surface area contributed by atoms with Gasteiger partial charge in [0.05, 0.1) is 0 Å². The Morgan fingerprint density at radius 1 is 1.00 bits per heavy atom. The van der Waals surface area contributed by atoms with Gasteiger partial charge >= 0.3 is 0 Å². The minimum atomic E-state index is 0.463. The highest BCUT2D eigenvalue weighted by molar-refractivity contribution is 5.78. The number of allylic oxidation sites excluding steroid dienone is 3. The third kappa shape index (κ3) is 13.1. The highest BCUT2D eigenvalue weighted by Gasteiger charge is 2.00. The first kappa shape index (κ1) is 16.1. The van der Waals surface area contributed by atoms with Crippen LogP contribution in [-0.2, 0) is 4.79 Å². The molecule has 0 rings (SSSR count). The Labute approximate surface area is 107 Å². The van der Waals surface area contributed by atoms with Gasteiger partial charge in [0.25, 0.3) is 0 Å². The van der Waals surface area contributed by atoms with Gasteiger partial charge in [-0.3, -0.25) is 4.79 Å². The third-order valence-electron chi connectivity index (χ3n) is 2.91. The molecule has 0 unspecified atom stereocenters. The van der Waals surface area contributed by atoms with Crippen LogP contribution in [0.15, 0.2) is 24.8 Å². The zero-order valence-corrected chi connectivity index (χ0v) is 11.4. The number of hydrogen-bond acceptors (Lipinski definition) is 1. The average Bonchev–Trinajstić information content (AvgIpc) is 2.33. The number of rotatable bonds is 12. The maximum Gasteiger partial charge on any atom is 0.132 e. The molecule has 0 radical (unpaired) electrons. The summed E-state index contributed by atoms with van der Waals surface area (Å²) >= 11 is 0. The fourth-order valence-electron chi connectivity index (χ4n) is 1.83. The first-order valence-electron chi connectivity index (χ1n) is 7.10. The molecule has 0 amide bonds. The molecule has 0 heterocycles. The van der Waals surface area contributed by atoms with Crippen molar-refractivity contribution in [2.75, 3.05) is 0 Å². The standard InChI is InChI=1S/C16H28O/c1-3-5-7-8-9-10-11-13-15-16(17)14-12-6-4-2/h3,5,7H,1,4,6,8-15H2,2H3. The number of hydrogen-bond donors (Lipinski definition) is 0. The Kier molecular flexibility index (Phi) is 12.6. The van der Waals surface area contributed by atoms with Crippen LogP contribution in [0.3, 0.4) is 0 Å². The Bertz CT molecular complexity index is 216. The van der Waals surface area contributed by atoms with Gasteiger partial charge in [0.2, 0.25) is 0 Å². The second-order valence-corrected chi connectivity index (χ2v) is 4.61. The van der Waals surface area contributed by atoms with Gasteiger partial charge in [-0.15, -0.1) is 0 Å². The second kappa shape index (κ2) is 13.2. The highest BCUT2D eigenvalue weighted by atomic mass is 16.1. The normalized spacial score (nSPS) is 10.9. The molecule has 0 aromatic carbocycles. The predicted molar refractivity (Wildman–Crippen MR) is 76.2 cm³/mol. The quantitative estimate of drug-likeness (QED) is 0.335. The fourth-order valence-corrected chi connectivity index (χ4v) is 1.83. The van der Waals surface area contributed by atoms with Crippen LogP contribution in [0.1, 0.15) is 71.1 Å². The van der Waals surface area contributed by atoms with E-state index in [4.69, 9.17) is 0 Å². The summed E-state index contributed by atoms with van der Waals surface area (Å²) in [6, 6.07) is 0. The van der Waals surface area contributed by atoms with Gasteiger partial charge in [-0.1, -0.05) is 57.4 Å². The van der Waals surface area contributed by atoms with Crippen LogP contribution in [0.5, 0.6) is 0 Å². The molecule has 0 bridgehead atoms. The molecule has 1 nitrogen and oxygen atoms in total. The lowest BCUT2D eigenvalue weighted by molar-refractivity contribution is -0.119. The highest BCUT2D eigenvalue weighted by Crippen LogP contribution is 2.09. The van der Waals surface area contributed by atoms with E-state index in [1.54, 1.807) is 0 Å². The molecule has 1 heteroatoms. The number of Topliss-reactive ketones (excluding diaryl/α,β-unsaturated/α-hetero) is 1. The van der Waals surface area contributed by atoms with Crippen molar-refractivity contribution < 1.29 is 4.79 Å². The zero-order valence-electron chi connectivity index (χ0n) is 11.4. The minimum Gasteiger partial charge on any atom is -0.300 e. The SMILES string of the molecule is C=CC=CCCCCCCC(=O)CCCCC. The van der Waals surface area contributed by atoms with Crippen molar-refractivity contribution in [3.05, 3.63) is 24.8 Å². The van der Waals surface area contributed by atoms with Crippen LogP contribution in [0, 0.1) is 0 Å². The molecule has 0 saturated heterocycles. The van der Waals surface area contributed by atoms with E-state index in [-0.39, 0.29) is 0 Å². The molecule has 98 valence electrons. The van der Waals surface area contributed by atoms with Gasteiger partial charge in [-0.05, 0) is 25.7 Å². The Morgan fingerprint density at radius 3 is 2.29 bits per heavy atom. The summed E-state index contributed by atoms with van der Waals surface area (Å²) in [5.41, 5.74) is 0. The van der Waals surface area contributed by atoms with Crippen LogP contribution in [0.25, 0.3) is 0 Å². The lowest BCUT2D eigenvalue weighted by Crippen LogP contribution is -1.97. The van der Waals surface area contributed by atoms with E-state index in [1.807, 2.05) is 12.2 Å². The molecule has 0 aliphatic rings. The van der Waals surface area contributed by atoms with E-state index in [1.165, 1.54) is 32.1 Å². The van der Waals surface area contributed by atoms with Crippen molar-refractivity contribution in [2.45, 2.75) is 71.1 Å². The molecule has 0 N–H and O–H groups in total. The van der Waals surface area contributed by atoms with Crippen molar-refractivity contribution >= 4 is 5.78 Å². The van der Waals surface area contributed by atoms with E-state index in [2.05, 4.69) is 19.6 Å². The van der Waals surface area contributed by atoms with E-state index in [0.29, 0.717) is 5.78 Å². The van der Waals surface area contributed by atoms with Crippen molar-refractivity contribution in [1.29, 1.82) is 0 Å². The lowest BCUT2D eigenvalue weighted by atomic mass is 10.0. The van der Waals surface area contributed by atoms with E-state index < -0.39 is 0 Å². The van der Waals surface area contributed by atoms with E-state index in [0.717, 1.165) is 32.1 Å². The summed E-state index contributed by atoms with van der Waals surface area (Å²) in [5.74, 6) is 0.463. The summed E-state index contributed by atoms with van der Waals surface area (Å²) in [6.07, 6.45) is 16.9. The average molecular weight is 236 g/mol. The van der Waals surface area contributed by atoms with Gasteiger partial charge in [-0.2, -0.15) is 0 Å². The summed E-state index contributed by atoms with van der Waals surface area (Å²) in [6.45, 7) is 5.81. The molecule has 0 saturated carbocycles. The molecule has 0 atom stereocenters. The molecule has 17 heavy (non-hydrogen) atoms. The van der Waals surface area contributed by atoms with Crippen LogP contribution in [0.4, 0.5) is 0 Å². The van der Waals surface area contributed by atoms with Crippen molar-refractivity contribution in [2.24, 2.45) is 0 Å². The fraction of sp³-hybridized carbons (Fsp3) is 0.688. The number of carbonyl (C=O) groups excluding carboxylic acids is 1. The zero-order chi connectivity index (χ0) is 12.8. The molecular weight excluding hydrogens is 208 g/mol. The molecule has 0 aliphatic carbocycles. The number of carbonyl (C=O) groups is 1. The third-order valence-corrected chi connectivity index (χ3v) is 2.91. The lowest BCUT2D eigenvalue weighted by Gasteiger charge is -2.00. The van der Waals surface area contributed by atoms with Crippen LogP contribution >= 0.6 is 0 Å². The maximum absolute atomic E-state index is 11.5. The summed E-state index contributed by atoms with van der Waals surface area (Å²) in [5, 5.41) is 0. The van der Waals surface area contributed by atoms with Crippen molar-refractivity contribution in [3.63, 3.8) is 0 Å². The molecule has 0 aliphatic heterocycles.